The Hall–Kier alpha value is -3.36. The topological polar surface area (TPSA) is 67.2 Å². The van der Waals surface area contributed by atoms with E-state index in [9.17, 15) is 13.6 Å². The van der Waals surface area contributed by atoms with E-state index in [1.54, 1.807) is 16.5 Å². The maximum absolute atomic E-state index is 13.7. The number of anilines is 1. The maximum Gasteiger partial charge on any atom is 0.252 e. The average molecular weight is 426 g/mol. The Bertz CT molecular complexity index is 1100. The fourth-order valence-corrected chi connectivity index (χ4v) is 3.82. The van der Waals surface area contributed by atoms with Gasteiger partial charge >= 0.3 is 0 Å². The van der Waals surface area contributed by atoms with Crippen molar-refractivity contribution in [3.63, 3.8) is 0 Å². The zero-order valence-corrected chi connectivity index (χ0v) is 17.8. The van der Waals surface area contributed by atoms with Gasteiger partial charge in [0.05, 0.1) is 11.4 Å². The van der Waals surface area contributed by atoms with Crippen LogP contribution in [0.25, 0.3) is 5.95 Å². The van der Waals surface area contributed by atoms with E-state index in [-0.39, 0.29) is 12.3 Å². The number of rotatable bonds is 4. The molecule has 0 N–H and O–H groups in total. The van der Waals surface area contributed by atoms with Crippen molar-refractivity contribution in [2.75, 3.05) is 31.1 Å². The number of nitrogens with zero attached hydrogens (tertiary/aromatic N) is 6. The van der Waals surface area contributed by atoms with Crippen molar-refractivity contribution in [3.05, 3.63) is 64.6 Å². The number of carbonyl (C=O) groups excluding carboxylic acids is 1. The third-order valence-electron chi connectivity index (χ3n) is 5.31. The molecule has 31 heavy (non-hydrogen) atoms. The van der Waals surface area contributed by atoms with Gasteiger partial charge in [-0.2, -0.15) is 10.1 Å². The van der Waals surface area contributed by atoms with E-state index in [0.717, 1.165) is 17.5 Å². The number of hydrogen-bond acceptors (Lipinski definition) is 5. The molecule has 0 bridgehead atoms. The van der Waals surface area contributed by atoms with E-state index in [2.05, 4.69) is 15.0 Å². The van der Waals surface area contributed by atoms with Gasteiger partial charge in [0.15, 0.2) is 0 Å². The number of benzene rings is 1. The Morgan fingerprint density at radius 1 is 0.968 bits per heavy atom. The van der Waals surface area contributed by atoms with Gasteiger partial charge < -0.3 is 9.80 Å². The Kier molecular flexibility index (Phi) is 5.67. The van der Waals surface area contributed by atoms with Crippen LogP contribution in [-0.2, 0) is 11.2 Å². The van der Waals surface area contributed by atoms with E-state index in [1.165, 1.54) is 12.1 Å². The normalized spacial score (nSPS) is 14.2. The SMILES string of the molecule is CC(=O)N1CCN(c2cc(Cc3cc(F)cc(F)c3)nc(-n3nc(C)cc3C)n2)CC1. The minimum Gasteiger partial charge on any atom is -0.353 e. The summed E-state index contributed by atoms with van der Waals surface area (Å²) in [6, 6.07) is 7.23. The molecular weight excluding hydrogens is 402 g/mol. The van der Waals surface area contributed by atoms with Gasteiger partial charge in [-0.25, -0.2) is 18.4 Å². The molecule has 1 amide bonds. The quantitative estimate of drug-likeness (QED) is 0.642. The van der Waals surface area contributed by atoms with Crippen LogP contribution in [0.3, 0.4) is 0 Å². The molecule has 0 saturated carbocycles. The maximum atomic E-state index is 13.7. The van der Waals surface area contributed by atoms with Crippen molar-refractivity contribution in [3.8, 4) is 5.95 Å². The van der Waals surface area contributed by atoms with Gasteiger partial charge in [0.2, 0.25) is 5.91 Å². The molecule has 4 rings (SSSR count). The molecule has 0 unspecified atom stereocenters. The second-order valence-electron chi connectivity index (χ2n) is 7.80. The Labute approximate surface area is 179 Å². The molecule has 2 aromatic heterocycles. The summed E-state index contributed by atoms with van der Waals surface area (Å²) in [6.45, 7) is 7.88. The first kappa shape index (κ1) is 20.9. The molecule has 1 fully saturated rings. The third kappa shape index (κ3) is 4.70. The lowest BCUT2D eigenvalue weighted by Crippen LogP contribution is -2.48. The monoisotopic (exact) mass is 426 g/mol. The van der Waals surface area contributed by atoms with Crippen LogP contribution in [0.4, 0.5) is 14.6 Å². The van der Waals surface area contributed by atoms with Crippen molar-refractivity contribution in [1.29, 1.82) is 0 Å². The van der Waals surface area contributed by atoms with Crippen LogP contribution in [0.5, 0.6) is 0 Å². The highest BCUT2D eigenvalue weighted by Crippen LogP contribution is 2.21. The fraction of sp³-hybridized carbons (Fsp3) is 0.364. The van der Waals surface area contributed by atoms with E-state index in [0.29, 0.717) is 49.2 Å². The second kappa shape index (κ2) is 8.41. The molecule has 0 radical (unpaired) electrons. The van der Waals surface area contributed by atoms with Gasteiger partial charge in [-0.05, 0) is 37.6 Å². The minimum atomic E-state index is -0.622. The van der Waals surface area contributed by atoms with Crippen LogP contribution in [0.15, 0.2) is 30.3 Å². The Balaban J connectivity index is 1.70. The summed E-state index contributed by atoms with van der Waals surface area (Å²) in [6.07, 6.45) is 0.254. The van der Waals surface area contributed by atoms with Gasteiger partial charge in [0.1, 0.15) is 17.5 Å². The number of aromatic nitrogens is 4. The fourth-order valence-electron chi connectivity index (χ4n) is 3.82. The summed E-state index contributed by atoms with van der Waals surface area (Å²) in [5.74, 6) is -0.0807. The highest BCUT2D eigenvalue weighted by molar-refractivity contribution is 5.73. The number of amides is 1. The van der Waals surface area contributed by atoms with Crippen LogP contribution in [-0.4, -0.2) is 56.7 Å². The zero-order valence-electron chi connectivity index (χ0n) is 17.8. The Morgan fingerprint density at radius 3 is 2.23 bits per heavy atom. The van der Waals surface area contributed by atoms with Crippen molar-refractivity contribution >= 4 is 11.7 Å². The summed E-state index contributed by atoms with van der Waals surface area (Å²) < 4.78 is 29.0. The smallest absolute Gasteiger partial charge is 0.252 e. The first-order valence-corrected chi connectivity index (χ1v) is 10.2. The molecule has 3 aromatic rings. The predicted molar refractivity (Wildman–Crippen MR) is 112 cm³/mol. The molecule has 1 aliphatic rings. The lowest BCUT2D eigenvalue weighted by molar-refractivity contribution is -0.129. The van der Waals surface area contributed by atoms with Crippen molar-refractivity contribution in [1.82, 2.24) is 24.6 Å². The van der Waals surface area contributed by atoms with E-state index < -0.39 is 11.6 Å². The van der Waals surface area contributed by atoms with Crippen molar-refractivity contribution < 1.29 is 13.6 Å². The minimum absolute atomic E-state index is 0.0551. The van der Waals surface area contributed by atoms with Crippen molar-refractivity contribution in [2.45, 2.75) is 27.2 Å². The highest BCUT2D eigenvalue weighted by Gasteiger charge is 2.21. The van der Waals surface area contributed by atoms with Crippen molar-refractivity contribution in [2.24, 2.45) is 0 Å². The second-order valence-corrected chi connectivity index (χ2v) is 7.80. The molecule has 162 valence electrons. The van der Waals surface area contributed by atoms with E-state index >= 15 is 0 Å². The first-order chi connectivity index (χ1) is 14.8. The molecule has 9 heteroatoms. The van der Waals surface area contributed by atoms with Crippen LogP contribution in [0, 0.1) is 25.5 Å². The molecule has 1 saturated heterocycles. The standard InChI is InChI=1S/C22H24F2N6O/c1-14-8-15(2)30(27-14)22-25-20(11-17-9-18(23)12-19(24)10-17)13-21(26-22)29-6-4-28(5-7-29)16(3)31/h8-10,12-13H,4-7,11H2,1-3H3. The average Bonchev–Trinajstić information content (AvgIpc) is 3.05. The molecule has 1 aromatic carbocycles. The molecule has 7 nitrogen and oxygen atoms in total. The lowest BCUT2D eigenvalue weighted by Gasteiger charge is -2.35. The largest absolute Gasteiger partial charge is 0.353 e. The van der Waals surface area contributed by atoms with E-state index in [4.69, 9.17) is 4.98 Å². The van der Waals surface area contributed by atoms with Gasteiger partial charge in [-0.1, -0.05) is 0 Å². The number of aryl methyl sites for hydroxylation is 2. The van der Waals surface area contributed by atoms with E-state index in [1.807, 2.05) is 26.0 Å². The van der Waals surface area contributed by atoms with Crippen LogP contribution >= 0.6 is 0 Å². The summed E-state index contributed by atoms with van der Waals surface area (Å²) in [4.78, 5) is 24.9. The molecule has 3 heterocycles. The first-order valence-electron chi connectivity index (χ1n) is 10.2. The molecule has 0 spiro atoms. The van der Waals surface area contributed by atoms with Crippen LogP contribution in [0.1, 0.15) is 29.6 Å². The number of hydrogen-bond donors (Lipinski definition) is 0. The van der Waals surface area contributed by atoms with Gasteiger partial charge in [-0.15, -0.1) is 0 Å². The number of piperazine rings is 1. The molecule has 1 aliphatic heterocycles. The summed E-state index contributed by atoms with van der Waals surface area (Å²) in [7, 11) is 0. The predicted octanol–water partition coefficient (Wildman–Crippen LogP) is 2.82. The van der Waals surface area contributed by atoms with Gasteiger partial charge in [-0.3, -0.25) is 4.79 Å². The lowest BCUT2D eigenvalue weighted by atomic mass is 10.1. The summed E-state index contributed by atoms with van der Waals surface area (Å²) >= 11 is 0. The van der Waals surface area contributed by atoms with Crippen LogP contribution < -0.4 is 4.90 Å². The number of halogens is 2. The van der Waals surface area contributed by atoms with Gasteiger partial charge in [0, 0.05) is 57.4 Å². The van der Waals surface area contributed by atoms with Gasteiger partial charge in [0.25, 0.3) is 5.95 Å². The molecule has 0 aliphatic carbocycles. The zero-order chi connectivity index (χ0) is 22.1. The summed E-state index contributed by atoms with van der Waals surface area (Å²) in [5, 5.41) is 4.48. The highest BCUT2D eigenvalue weighted by atomic mass is 19.1. The molecule has 0 atom stereocenters. The summed E-state index contributed by atoms with van der Waals surface area (Å²) in [5.41, 5.74) is 2.85. The Morgan fingerprint density at radius 2 is 1.65 bits per heavy atom. The molecular formula is C22H24F2N6O. The van der Waals surface area contributed by atoms with Crippen LogP contribution in [0.2, 0.25) is 0 Å². The third-order valence-corrected chi connectivity index (χ3v) is 5.31. The number of carbonyl (C=O) groups is 1.